The molecule has 0 amide bonds. The lowest BCUT2D eigenvalue weighted by Crippen LogP contribution is -2.20. The number of aromatic nitrogens is 2. The van der Waals surface area contributed by atoms with Crippen molar-refractivity contribution in [1.82, 2.24) is 15.3 Å². The predicted molar refractivity (Wildman–Crippen MR) is 114 cm³/mol. The summed E-state index contributed by atoms with van der Waals surface area (Å²) < 4.78 is 17.0. The Hall–Kier alpha value is -2.58. The lowest BCUT2D eigenvalue weighted by Gasteiger charge is -2.14. The average Bonchev–Trinajstić information content (AvgIpc) is 2.86. The van der Waals surface area contributed by atoms with Crippen molar-refractivity contribution in [3.05, 3.63) is 44.3 Å². The van der Waals surface area contributed by atoms with Crippen LogP contribution in [0.25, 0.3) is 10.2 Å². The molecule has 7 nitrogen and oxygen atoms in total. The molecule has 2 aromatic heterocycles. The van der Waals surface area contributed by atoms with E-state index in [1.807, 2.05) is 26.0 Å². The molecular formula is C21H25N3O4S. The van der Waals surface area contributed by atoms with Crippen LogP contribution in [0.2, 0.25) is 0 Å². The van der Waals surface area contributed by atoms with Crippen LogP contribution in [0.4, 0.5) is 0 Å². The zero-order valence-electron chi connectivity index (χ0n) is 16.9. The first-order valence-electron chi connectivity index (χ1n) is 9.73. The highest BCUT2D eigenvalue weighted by Gasteiger charge is 2.16. The van der Waals surface area contributed by atoms with Crippen molar-refractivity contribution in [3.63, 3.8) is 0 Å². The Labute approximate surface area is 173 Å². The second-order valence-electron chi connectivity index (χ2n) is 7.06. The van der Waals surface area contributed by atoms with E-state index in [9.17, 15) is 4.79 Å². The second-order valence-corrected chi connectivity index (χ2v) is 8.27. The van der Waals surface area contributed by atoms with Gasteiger partial charge in [-0.1, -0.05) is 0 Å². The second kappa shape index (κ2) is 8.42. The number of methoxy groups -OCH3 is 1. The van der Waals surface area contributed by atoms with Gasteiger partial charge in [0.1, 0.15) is 16.4 Å². The fraction of sp³-hybridized carbons (Fsp3) is 0.429. The molecule has 29 heavy (non-hydrogen) atoms. The van der Waals surface area contributed by atoms with Crippen molar-refractivity contribution in [2.24, 2.45) is 0 Å². The van der Waals surface area contributed by atoms with Gasteiger partial charge in [0.2, 0.25) is 0 Å². The third-order valence-corrected chi connectivity index (χ3v) is 6.19. The van der Waals surface area contributed by atoms with Gasteiger partial charge in [0.05, 0.1) is 25.7 Å². The smallest absolute Gasteiger partial charge is 0.259 e. The monoisotopic (exact) mass is 415 g/mol. The van der Waals surface area contributed by atoms with Crippen LogP contribution in [0.1, 0.15) is 28.2 Å². The fourth-order valence-electron chi connectivity index (χ4n) is 3.41. The Bertz CT molecular complexity index is 1090. The molecule has 3 heterocycles. The molecule has 1 aliphatic rings. The molecule has 0 atom stereocenters. The lowest BCUT2D eigenvalue weighted by molar-refractivity contribution is 0.296. The van der Waals surface area contributed by atoms with Crippen LogP contribution in [0.5, 0.6) is 17.2 Å². The van der Waals surface area contributed by atoms with Crippen molar-refractivity contribution in [2.75, 3.05) is 26.9 Å². The zero-order valence-corrected chi connectivity index (χ0v) is 17.7. The van der Waals surface area contributed by atoms with Crippen molar-refractivity contribution < 1.29 is 14.2 Å². The van der Waals surface area contributed by atoms with E-state index in [4.69, 9.17) is 14.2 Å². The minimum absolute atomic E-state index is 0.0589. The standard InChI is InChI=1S/C21H25N3O4S/c1-12-13(2)29-21-19(12)20(25)23-18(24-21)5-6-22-11-14-9-16-17(10-15(14)26-3)28-8-4-7-27-16/h9-10,22H,4-8,11H2,1-3H3,(H,23,24,25). The lowest BCUT2D eigenvalue weighted by atomic mass is 10.1. The molecule has 3 aromatic rings. The maximum Gasteiger partial charge on any atom is 0.259 e. The molecular weight excluding hydrogens is 390 g/mol. The molecule has 0 bridgehead atoms. The SMILES string of the molecule is COc1cc2c(cc1CNCCc1nc3sc(C)c(C)c3c(=O)[nH]1)OCCCO2. The molecule has 0 aliphatic carbocycles. The molecule has 1 aromatic carbocycles. The molecule has 8 heteroatoms. The van der Waals surface area contributed by atoms with Gasteiger partial charge >= 0.3 is 0 Å². The van der Waals surface area contributed by atoms with Crippen LogP contribution in [-0.2, 0) is 13.0 Å². The van der Waals surface area contributed by atoms with Gasteiger partial charge in [0.25, 0.3) is 5.56 Å². The summed E-state index contributed by atoms with van der Waals surface area (Å²) in [5.74, 6) is 2.93. The summed E-state index contributed by atoms with van der Waals surface area (Å²) in [6.07, 6.45) is 1.50. The summed E-state index contributed by atoms with van der Waals surface area (Å²) in [6.45, 7) is 6.57. The number of thiophene rings is 1. The zero-order chi connectivity index (χ0) is 20.4. The van der Waals surface area contributed by atoms with Crippen LogP contribution in [-0.4, -0.2) is 36.8 Å². The number of nitrogens with zero attached hydrogens (tertiary/aromatic N) is 1. The highest BCUT2D eigenvalue weighted by Crippen LogP contribution is 2.36. The van der Waals surface area contributed by atoms with Crippen molar-refractivity contribution in [3.8, 4) is 17.2 Å². The van der Waals surface area contributed by atoms with Gasteiger partial charge in [-0.2, -0.15) is 0 Å². The van der Waals surface area contributed by atoms with Gasteiger partial charge in [0, 0.05) is 42.4 Å². The summed E-state index contributed by atoms with van der Waals surface area (Å²) in [5.41, 5.74) is 1.96. The first-order valence-corrected chi connectivity index (χ1v) is 10.5. The van der Waals surface area contributed by atoms with E-state index in [1.165, 1.54) is 0 Å². The Morgan fingerprint density at radius 3 is 2.76 bits per heavy atom. The van der Waals surface area contributed by atoms with Crippen LogP contribution in [0.15, 0.2) is 16.9 Å². The Kier molecular flexibility index (Phi) is 5.73. The van der Waals surface area contributed by atoms with Crippen LogP contribution >= 0.6 is 11.3 Å². The number of H-pyrrole nitrogens is 1. The first-order chi connectivity index (χ1) is 14.1. The normalized spacial score (nSPS) is 13.5. The summed E-state index contributed by atoms with van der Waals surface area (Å²) in [6, 6.07) is 3.85. The minimum atomic E-state index is -0.0589. The molecule has 1 aliphatic heterocycles. The number of ether oxygens (including phenoxy) is 3. The Morgan fingerprint density at radius 1 is 1.24 bits per heavy atom. The molecule has 0 fully saturated rings. The van der Waals surface area contributed by atoms with Crippen LogP contribution < -0.4 is 25.1 Å². The van der Waals surface area contributed by atoms with E-state index in [0.29, 0.717) is 43.9 Å². The van der Waals surface area contributed by atoms with Crippen molar-refractivity contribution >= 4 is 21.6 Å². The number of hydrogen-bond donors (Lipinski definition) is 2. The number of rotatable bonds is 6. The van der Waals surface area contributed by atoms with E-state index in [1.54, 1.807) is 18.4 Å². The van der Waals surface area contributed by atoms with Crippen LogP contribution in [0.3, 0.4) is 0 Å². The molecule has 0 saturated heterocycles. The van der Waals surface area contributed by atoms with E-state index in [2.05, 4.69) is 15.3 Å². The van der Waals surface area contributed by atoms with Gasteiger partial charge in [-0.25, -0.2) is 4.98 Å². The third kappa shape index (κ3) is 4.09. The number of fused-ring (bicyclic) bond motifs is 2. The molecule has 0 spiro atoms. The molecule has 4 rings (SSSR count). The van der Waals surface area contributed by atoms with E-state index < -0.39 is 0 Å². The highest BCUT2D eigenvalue weighted by atomic mass is 32.1. The largest absolute Gasteiger partial charge is 0.496 e. The van der Waals surface area contributed by atoms with Crippen molar-refractivity contribution in [1.29, 1.82) is 0 Å². The number of hydrogen-bond acceptors (Lipinski definition) is 7. The summed E-state index contributed by atoms with van der Waals surface area (Å²) >= 11 is 1.57. The quantitative estimate of drug-likeness (QED) is 0.602. The number of nitrogens with one attached hydrogen (secondary N) is 2. The number of benzene rings is 1. The number of aromatic amines is 1. The maximum absolute atomic E-state index is 12.4. The minimum Gasteiger partial charge on any atom is -0.496 e. The average molecular weight is 416 g/mol. The molecule has 2 N–H and O–H groups in total. The van der Waals surface area contributed by atoms with E-state index in [0.717, 1.165) is 44.5 Å². The van der Waals surface area contributed by atoms with Gasteiger partial charge in [-0.05, 0) is 25.5 Å². The van der Waals surface area contributed by atoms with Crippen molar-refractivity contribution in [2.45, 2.75) is 33.2 Å². The van der Waals surface area contributed by atoms with Gasteiger partial charge in [-0.3, -0.25) is 4.79 Å². The summed E-state index contributed by atoms with van der Waals surface area (Å²) in [4.78, 5) is 21.9. The van der Waals surface area contributed by atoms with E-state index >= 15 is 0 Å². The Balaban J connectivity index is 1.42. The molecule has 0 saturated carbocycles. The molecule has 154 valence electrons. The first kappa shape index (κ1) is 19.7. The predicted octanol–water partition coefficient (Wildman–Crippen LogP) is 3.10. The molecule has 0 radical (unpaired) electrons. The number of aryl methyl sites for hydroxylation is 2. The van der Waals surface area contributed by atoms with E-state index in [-0.39, 0.29) is 5.56 Å². The maximum atomic E-state index is 12.4. The van der Waals surface area contributed by atoms with Gasteiger partial charge in [0.15, 0.2) is 11.5 Å². The Morgan fingerprint density at radius 2 is 2.00 bits per heavy atom. The van der Waals surface area contributed by atoms with Gasteiger partial charge in [-0.15, -0.1) is 11.3 Å². The van der Waals surface area contributed by atoms with Gasteiger partial charge < -0.3 is 24.5 Å². The molecule has 0 unspecified atom stereocenters. The third-order valence-electron chi connectivity index (χ3n) is 5.09. The summed E-state index contributed by atoms with van der Waals surface area (Å²) in [5, 5.41) is 4.11. The summed E-state index contributed by atoms with van der Waals surface area (Å²) in [7, 11) is 1.65. The fourth-order valence-corrected chi connectivity index (χ4v) is 4.46. The topological polar surface area (TPSA) is 85.5 Å². The van der Waals surface area contributed by atoms with Crippen LogP contribution in [0, 0.1) is 13.8 Å². The highest BCUT2D eigenvalue weighted by molar-refractivity contribution is 7.18.